The summed E-state index contributed by atoms with van der Waals surface area (Å²) in [5.74, 6) is 0.970. The molecule has 0 spiro atoms. The molecule has 3 rings (SSSR count). The van der Waals surface area contributed by atoms with Crippen molar-refractivity contribution in [1.82, 2.24) is 15.5 Å². The van der Waals surface area contributed by atoms with Crippen molar-refractivity contribution in [3.05, 3.63) is 35.4 Å². The van der Waals surface area contributed by atoms with E-state index in [0.717, 1.165) is 31.5 Å². The van der Waals surface area contributed by atoms with E-state index < -0.39 is 0 Å². The Morgan fingerprint density at radius 1 is 1.04 bits per heavy atom. The van der Waals surface area contributed by atoms with Crippen LogP contribution in [0, 0.1) is 0 Å². The number of piperidine rings is 1. The Kier molecular flexibility index (Phi) is 7.36. The van der Waals surface area contributed by atoms with Gasteiger partial charge in [-0.05, 0) is 50.2 Å². The van der Waals surface area contributed by atoms with E-state index >= 15 is 0 Å². The van der Waals surface area contributed by atoms with Crippen LogP contribution in [0.2, 0.25) is 0 Å². The van der Waals surface area contributed by atoms with Crippen molar-refractivity contribution in [2.75, 3.05) is 19.6 Å². The van der Waals surface area contributed by atoms with E-state index in [1.807, 2.05) is 0 Å². The molecule has 0 aromatic heterocycles. The Bertz CT molecular complexity index is 569. The van der Waals surface area contributed by atoms with Crippen LogP contribution in [0.1, 0.15) is 63.5 Å². The van der Waals surface area contributed by atoms with E-state index in [1.54, 1.807) is 0 Å². The summed E-state index contributed by atoms with van der Waals surface area (Å²) in [4.78, 5) is 7.59. The number of aryl methyl sites for hydroxylation is 1. The lowest BCUT2D eigenvalue weighted by Gasteiger charge is -2.36. The molecule has 1 aromatic carbocycles. The lowest BCUT2D eigenvalue weighted by atomic mass is 10.0. The van der Waals surface area contributed by atoms with Crippen molar-refractivity contribution in [2.45, 2.75) is 77.4 Å². The molecule has 2 aliphatic rings. The summed E-state index contributed by atoms with van der Waals surface area (Å²) >= 11 is 0. The number of likely N-dealkylation sites (tertiary alicyclic amines) is 1. The first-order valence-electron chi connectivity index (χ1n) is 10.7. The van der Waals surface area contributed by atoms with Gasteiger partial charge in [-0.25, -0.2) is 4.99 Å². The average Bonchev–Trinajstić information content (AvgIpc) is 3.22. The molecule has 4 heteroatoms. The monoisotopic (exact) mass is 356 g/mol. The van der Waals surface area contributed by atoms with Crippen molar-refractivity contribution in [1.29, 1.82) is 0 Å². The molecule has 1 aliphatic carbocycles. The predicted molar refractivity (Wildman–Crippen MR) is 111 cm³/mol. The maximum absolute atomic E-state index is 4.86. The zero-order valence-electron chi connectivity index (χ0n) is 16.6. The summed E-state index contributed by atoms with van der Waals surface area (Å²) < 4.78 is 0. The molecule has 144 valence electrons. The fourth-order valence-electron chi connectivity index (χ4n) is 4.41. The van der Waals surface area contributed by atoms with Crippen LogP contribution in [0.15, 0.2) is 29.3 Å². The van der Waals surface area contributed by atoms with Crippen molar-refractivity contribution in [3.8, 4) is 0 Å². The minimum absolute atomic E-state index is 0.548. The third kappa shape index (κ3) is 5.23. The third-order valence-corrected chi connectivity index (χ3v) is 5.96. The normalized spacial score (nSPS) is 20.5. The number of hydrogen-bond donors (Lipinski definition) is 2. The maximum Gasteiger partial charge on any atom is 0.191 e. The summed E-state index contributed by atoms with van der Waals surface area (Å²) in [5, 5.41) is 7.12. The van der Waals surface area contributed by atoms with Gasteiger partial charge in [-0.3, -0.25) is 0 Å². The van der Waals surface area contributed by atoms with Crippen molar-refractivity contribution >= 4 is 5.96 Å². The lowest BCUT2D eigenvalue weighted by Crippen LogP contribution is -2.50. The van der Waals surface area contributed by atoms with Gasteiger partial charge in [0.15, 0.2) is 5.96 Å². The van der Waals surface area contributed by atoms with Gasteiger partial charge in [-0.15, -0.1) is 0 Å². The second-order valence-corrected chi connectivity index (χ2v) is 7.71. The summed E-state index contributed by atoms with van der Waals surface area (Å²) in [7, 11) is 0. The van der Waals surface area contributed by atoms with Gasteiger partial charge in [-0.2, -0.15) is 0 Å². The molecular formula is C22H36N4. The van der Waals surface area contributed by atoms with E-state index in [9.17, 15) is 0 Å². The van der Waals surface area contributed by atoms with Crippen molar-refractivity contribution < 1.29 is 0 Å². The maximum atomic E-state index is 4.86. The molecule has 4 nitrogen and oxygen atoms in total. The molecule has 26 heavy (non-hydrogen) atoms. The molecule has 1 saturated carbocycles. The molecular weight excluding hydrogens is 320 g/mol. The van der Waals surface area contributed by atoms with Gasteiger partial charge in [0.2, 0.25) is 0 Å². The zero-order valence-corrected chi connectivity index (χ0v) is 16.6. The highest BCUT2D eigenvalue weighted by molar-refractivity contribution is 5.80. The molecule has 0 atom stereocenters. The quantitative estimate of drug-likeness (QED) is 0.603. The molecule has 1 saturated heterocycles. The number of rotatable bonds is 6. The number of nitrogens with zero attached hydrogens (tertiary/aromatic N) is 2. The zero-order chi connectivity index (χ0) is 18.2. The molecule has 0 unspecified atom stereocenters. The fourth-order valence-corrected chi connectivity index (χ4v) is 4.41. The Morgan fingerprint density at radius 3 is 2.38 bits per heavy atom. The average molecular weight is 357 g/mol. The molecule has 2 fully saturated rings. The molecule has 0 radical (unpaired) electrons. The molecule has 1 aromatic rings. The Balaban J connectivity index is 1.53. The van der Waals surface area contributed by atoms with Gasteiger partial charge in [0.05, 0.1) is 6.54 Å². The van der Waals surface area contributed by atoms with Crippen molar-refractivity contribution in [2.24, 2.45) is 4.99 Å². The van der Waals surface area contributed by atoms with Crippen LogP contribution in [0.3, 0.4) is 0 Å². The molecule has 0 bridgehead atoms. The summed E-state index contributed by atoms with van der Waals surface area (Å²) in [6.45, 7) is 8.48. The number of benzene rings is 1. The summed E-state index contributed by atoms with van der Waals surface area (Å²) in [6.07, 6.45) is 9.21. The van der Waals surface area contributed by atoms with Gasteiger partial charge in [0.1, 0.15) is 0 Å². The third-order valence-electron chi connectivity index (χ3n) is 5.96. The van der Waals surface area contributed by atoms with Crippen LogP contribution in [-0.4, -0.2) is 42.6 Å². The van der Waals surface area contributed by atoms with Crippen LogP contribution in [0.5, 0.6) is 0 Å². The number of hydrogen-bond acceptors (Lipinski definition) is 2. The van der Waals surface area contributed by atoms with E-state index in [-0.39, 0.29) is 0 Å². The van der Waals surface area contributed by atoms with Crippen LogP contribution >= 0.6 is 0 Å². The van der Waals surface area contributed by atoms with Crippen LogP contribution in [0.4, 0.5) is 0 Å². The van der Waals surface area contributed by atoms with E-state index in [1.165, 1.54) is 62.7 Å². The van der Waals surface area contributed by atoms with Gasteiger partial charge in [0, 0.05) is 31.7 Å². The first-order valence-corrected chi connectivity index (χ1v) is 10.7. The van der Waals surface area contributed by atoms with Gasteiger partial charge >= 0.3 is 0 Å². The second-order valence-electron chi connectivity index (χ2n) is 7.71. The Morgan fingerprint density at radius 2 is 1.73 bits per heavy atom. The van der Waals surface area contributed by atoms with Crippen LogP contribution in [0.25, 0.3) is 0 Å². The molecule has 0 amide bonds. The first-order chi connectivity index (χ1) is 12.8. The second kappa shape index (κ2) is 9.96. The number of nitrogens with one attached hydrogen (secondary N) is 2. The van der Waals surface area contributed by atoms with Crippen LogP contribution < -0.4 is 10.6 Å². The van der Waals surface area contributed by atoms with Crippen molar-refractivity contribution in [3.63, 3.8) is 0 Å². The number of aliphatic imine (C=N–C) groups is 1. The SMILES string of the molecule is CCNC(=NCc1ccccc1CC)NC1CCN(C2CCCC2)CC1. The van der Waals surface area contributed by atoms with E-state index in [0.29, 0.717) is 6.04 Å². The lowest BCUT2D eigenvalue weighted by molar-refractivity contribution is 0.150. The predicted octanol–water partition coefficient (Wildman–Crippen LogP) is 3.71. The summed E-state index contributed by atoms with van der Waals surface area (Å²) in [6, 6.07) is 10.1. The minimum Gasteiger partial charge on any atom is -0.357 e. The topological polar surface area (TPSA) is 39.7 Å². The Hall–Kier alpha value is -1.55. The van der Waals surface area contributed by atoms with Gasteiger partial charge in [0.25, 0.3) is 0 Å². The highest BCUT2D eigenvalue weighted by Gasteiger charge is 2.27. The first kappa shape index (κ1) is 19.2. The molecule has 2 N–H and O–H groups in total. The largest absolute Gasteiger partial charge is 0.357 e. The number of guanidine groups is 1. The smallest absolute Gasteiger partial charge is 0.191 e. The Labute approximate surface area is 159 Å². The highest BCUT2D eigenvalue weighted by atomic mass is 15.2. The minimum atomic E-state index is 0.548. The fraction of sp³-hybridized carbons (Fsp3) is 0.682. The molecule has 1 heterocycles. The standard InChI is InChI=1S/C22H36N4/c1-3-18-9-5-6-10-19(18)17-24-22(23-4-2)25-20-13-15-26(16-14-20)21-11-7-8-12-21/h5-6,9-10,20-21H,3-4,7-8,11-17H2,1-2H3,(H2,23,24,25). The van der Waals surface area contributed by atoms with E-state index in [2.05, 4.69) is 53.6 Å². The van der Waals surface area contributed by atoms with Crippen LogP contribution in [-0.2, 0) is 13.0 Å². The van der Waals surface area contributed by atoms with E-state index in [4.69, 9.17) is 4.99 Å². The molecule has 1 aliphatic heterocycles. The summed E-state index contributed by atoms with van der Waals surface area (Å²) in [5.41, 5.74) is 2.74. The highest BCUT2D eigenvalue weighted by Crippen LogP contribution is 2.26. The van der Waals surface area contributed by atoms with Gasteiger partial charge in [-0.1, -0.05) is 44.0 Å². The van der Waals surface area contributed by atoms with Gasteiger partial charge < -0.3 is 15.5 Å².